The standard InChI is InChI=1S/C8H18N2O3S2/c1-10-5-6-2-3-7(9)8(4-6)14-15(11,12)13/h6-8,10H,2-5,9H2,1H3,(H,11,12,13). The van der Waals surface area contributed by atoms with Crippen molar-refractivity contribution >= 4 is 19.9 Å². The molecule has 3 atom stereocenters. The highest BCUT2D eigenvalue weighted by Gasteiger charge is 2.31. The summed E-state index contributed by atoms with van der Waals surface area (Å²) < 4.78 is 30.3. The summed E-state index contributed by atoms with van der Waals surface area (Å²) in [6.45, 7) is 0.870. The molecule has 0 saturated heterocycles. The van der Waals surface area contributed by atoms with Crippen LogP contribution in [-0.2, 0) is 9.15 Å². The van der Waals surface area contributed by atoms with Crippen LogP contribution < -0.4 is 11.1 Å². The zero-order valence-corrected chi connectivity index (χ0v) is 10.4. The average Bonchev–Trinajstić information content (AvgIpc) is 2.09. The Morgan fingerprint density at radius 3 is 2.73 bits per heavy atom. The van der Waals surface area contributed by atoms with Gasteiger partial charge < -0.3 is 11.1 Å². The Hall–Kier alpha value is 0.180. The van der Waals surface area contributed by atoms with E-state index >= 15 is 0 Å². The van der Waals surface area contributed by atoms with Gasteiger partial charge in [0.1, 0.15) is 0 Å². The summed E-state index contributed by atoms with van der Waals surface area (Å²) in [7, 11) is -1.51. The van der Waals surface area contributed by atoms with Crippen molar-refractivity contribution < 1.29 is 13.0 Å². The summed E-state index contributed by atoms with van der Waals surface area (Å²) in [5.41, 5.74) is 5.83. The van der Waals surface area contributed by atoms with Crippen molar-refractivity contribution in [3.05, 3.63) is 0 Å². The van der Waals surface area contributed by atoms with Gasteiger partial charge in [0.05, 0.1) is 0 Å². The van der Waals surface area contributed by atoms with E-state index in [-0.39, 0.29) is 11.3 Å². The van der Waals surface area contributed by atoms with Crippen LogP contribution in [0.5, 0.6) is 0 Å². The number of nitrogens with one attached hydrogen (secondary N) is 1. The molecule has 0 aromatic carbocycles. The Labute approximate surface area is 94.3 Å². The Morgan fingerprint density at radius 2 is 2.20 bits per heavy atom. The van der Waals surface area contributed by atoms with Crippen LogP contribution in [0.15, 0.2) is 0 Å². The first-order valence-electron chi connectivity index (χ1n) is 4.98. The zero-order valence-electron chi connectivity index (χ0n) is 8.72. The summed E-state index contributed by atoms with van der Waals surface area (Å²) in [5.74, 6) is 0.453. The second kappa shape index (κ2) is 5.49. The molecule has 0 bridgehead atoms. The second-order valence-corrected chi connectivity index (χ2v) is 7.46. The van der Waals surface area contributed by atoms with Crippen molar-refractivity contribution in [2.75, 3.05) is 13.6 Å². The van der Waals surface area contributed by atoms with E-state index < -0.39 is 9.15 Å². The van der Waals surface area contributed by atoms with Crippen molar-refractivity contribution in [1.29, 1.82) is 0 Å². The van der Waals surface area contributed by atoms with Gasteiger partial charge >= 0.3 is 9.15 Å². The predicted molar refractivity (Wildman–Crippen MR) is 62.2 cm³/mol. The lowest BCUT2D eigenvalue weighted by atomic mass is 9.86. The summed E-state index contributed by atoms with van der Waals surface area (Å²) in [6.07, 6.45) is 2.58. The van der Waals surface area contributed by atoms with Gasteiger partial charge in [-0.15, -0.1) is 0 Å². The van der Waals surface area contributed by atoms with Crippen molar-refractivity contribution in [1.82, 2.24) is 5.32 Å². The molecule has 0 aromatic rings. The van der Waals surface area contributed by atoms with Crippen molar-refractivity contribution in [3.8, 4) is 0 Å². The Kier molecular flexibility index (Phi) is 4.85. The number of hydrogen-bond donors (Lipinski definition) is 3. The van der Waals surface area contributed by atoms with Gasteiger partial charge in [-0.2, -0.15) is 8.42 Å². The lowest BCUT2D eigenvalue weighted by Crippen LogP contribution is -2.41. The zero-order chi connectivity index (χ0) is 11.5. The van der Waals surface area contributed by atoms with Gasteiger partial charge in [0, 0.05) is 22.1 Å². The van der Waals surface area contributed by atoms with E-state index in [0.29, 0.717) is 16.7 Å². The lowest BCUT2D eigenvalue weighted by molar-refractivity contribution is 0.329. The van der Waals surface area contributed by atoms with Gasteiger partial charge in [-0.3, -0.25) is 4.55 Å². The number of rotatable bonds is 4. The third kappa shape index (κ3) is 4.69. The molecule has 0 aromatic heterocycles. The molecule has 1 aliphatic carbocycles. The van der Waals surface area contributed by atoms with Crippen LogP contribution in [0.2, 0.25) is 0 Å². The monoisotopic (exact) mass is 254 g/mol. The first-order chi connectivity index (χ1) is 6.92. The minimum atomic E-state index is -3.98. The Balaban J connectivity index is 2.53. The fourth-order valence-corrected chi connectivity index (χ4v) is 4.52. The average molecular weight is 254 g/mol. The van der Waals surface area contributed by atoms with Gasteiger partial charge in [-0.1, -0.05) is 0 Å². The van der Waals surface area contributed by atoms with E-state index in [4.69, 9.17) is 10.3 Å². The second-order valence-electron chi connectivity index (χ2n) is 3.96. The fraction of sp³-hybridized carbons (Fsp3) is 1.00. The van der Waals surface area contributed by atoms with Crippen molar-refractivity contribution in [2.45, 2.75) is 30.6 Å². The van der Waals surface area contributed by atoms with Gasteiger partial charge in [0.15, 0.2) is 0 Å². The molecule has 4 N–H and O–H groups in total. The molecule has 0 spiro atoms. The minimum Gasteiger partial charge on any atom is -0.327 e. The Bertz CT molecular complexity index is 294. The summed E-state index contributed by atoms with van der Waals surface area (Å²) in [6, 6.07) is -0.134. The fourth-order valence-electron chi connectivity index (χ4n) is 1.98. The van der Waals surface area contributed by atoms with Crippen LogP contribution in [0.4, 0.5) is 0 Å². The molecule has 0 heterocycles. The third-order valence-electron chi connectivity index (χ3n) is 2.69. The first-order valence-corrected chi connectivity index (χ1v) is 7.82. The molecule has 3 unspecified atom stereocenters. The lowest BCUT2D eigenvalue weighted by Gasteiger charge is -2.32. The Morgan fingerprint density at radius 1 is 1.53 bits per heavy atom. The highest BCUT2D eigenvalue weighted by Crippen LogP contribution is 2.33. The van der Waals surface area contributed by atoms with Crippen LogP contribution >= 0.6 is 10.8 Å². The quantitative estimate of drug-likeness (QED) is 0.491. The molecule has 5 nitrogen and oxygen atoms in total. The summed E-state index contributed by atoms with van der Waals surface area (Å²) in [4.78, 5) is 0. The van der Waals surface area contributed by atoms with Gasteiger partial charge in [0.25, 0.3) is 0 Å². The highest BCUT2D eigenvalue weighted by atomic mass is 33.1. The van der Waals surface area contributed by atoms with Crippen LogP contribution in [0, 0.1) is 5.92 Å². The molecule has 90 valence electrons. The molecule has 0 amide bonds. The van der Waals surface area contributed by atoms with Crippen molar-refractivity contribution in [2.24, 2.45) is 11.7 Å². The van der Waals surface area contributed by atoms with Gasteiger partial charge in [-0.25, -0.2) is 0 Å². The molecule has 0 radical (unpaired) electrons. The molecular weight excluding hydrogens is 236 g/mol. The smallest absolute Gasteiger partial charge is 0.320 e. The number of nitrogens with two attached hydrogens (primary N) is 1. The molecule has 7 heteroatoms. The first kappa shape index (κ1) is 13.2. The van der Waals surface area contributed by atoms with Crippen LogP contribution in [0.25, 0.3) is 0 Å². The van der Waals surface area contributed by atoms with E-state index in [1.807, 2.05) is 7.05 Å². The number of hydrogen-bond acceptors (Lipinski definition) is 5. The van der Waals surface area contributed by atoms with Crippen LogP contribution in [0.3, 0.4) is 0 Å². The molecule has 0 aliphatic heterocycles. The summed E-state index contributed by atoms with van der Waals surface area (Å²) in [5, 5.41) is 2.89. The van der Waals surface area contributed by atoms with Gasteiger partial charge in [-0.05, 0) is 38.8 Å². The molecule has 1 rings (SSSR count). The molecule has 1 saturated carbocycles. The normalized spacial score (nSPS) is 32.9. The SMILES string of the molecule is CNCC1CCC(N)C(SS(=O)(=O)O)C1. The largest absolute Gasteiger partial charge is 0.327 e. The van der Waals surface area contributed by atoms with Crippen molar-refractivity contribution in [3.63, 3.8) is 0 Å². The minimum absolute atomic E-state index is 0.134. The van der Waals surface area contributed by atoms with E-state index in [1.54, 1.807) is 0 Å². The maximum absolute atomic E-state index is 10.8. The third-order valence-corrected chi connectivity index (χ3v) is 5.19. The maximum atomic E-state index is 10.8. The predicted octanol–water partition coefficient (Wildman–Crippen LogP) is 0.238. The molecule has 15 heavy (non-hydrogen) atoms. The topological polar surface area (TPSA) is 92.4 Å². The molecule has 1 aliphatic rings. The van der Waals surface area contributed by atoms with E-state index in [1.165, 1.54) is 0 Å². The van der Waals surface area contributed by atoms with E-state index in [2.05, 4.69) is 5.32 Å². The van der Waals surface area contributed by atoms with E-state index in [0.717, 1.165) is 25.8 Å². The molecule has 1 fully saturated rings. The highest BCUT2D eigenvalue weighted by molar-refractivity contribution is 8.70. The summed E-state index contributed by atoms with van der Waals surface area (Å²) >= 11 is 0. The van der Waals surface area contributed by atoms with Crippen LogP contribution in [-0.4, -0.2) is 37.9 Å². The van der Waals surface area contributed by atoms with Crippen LogP contribution in [0.1, 0.15) is 19.3 Å². The molecular formula is C8H18N2O3S2. The van der Waals surface area contributed by atoms with Gasteiger partial charge in [0.2, 0.25) is 0 Å². The maximum Gasteiger partial charge on any atom is 0.320 e. The van der Waals surface area contributed by atoms with E-state index in [9.17, 15) is 8.42 Å².